The molecule has 0 unspecified atom stereocenters. The van der Waals surface area contributed by atoms with Crippen LogP contribution in [0.25, 0.3) is 6.08 Å². The van der Waals surface area contributed by atoms with E-state index in [-0.39, 0.29) is 11.5 Å². The Labute approximate surface area is 154 Å². The molecule has 0 fully saturated rings. The summed E-state index contributed by atoms with van der Waals surface area (Å²) in [4.78, 5) is 23.8. The zero-order chi connectivity index (χ0) is 18.4. The second kappa shape index (κ2) is 8.34. The van der Waals surface area contributed by atoms with E-state index in [1.54, 1.807) is 36.4 Å². The van der Waals surface area contributed by atoms with Gasteiger partial charge in [-0.05, 0) is 42.0 Å². The van der Waals surface area contributed by atoms with Gasteiger partial charge in [-0.2, -0.15) is 5.26 Å². The molecule has 2 aromatic rings. The predicted molar refractivity (Wildman–Crippen MR) is 98.5 cm³/mol. The minimum atomic E-state index is -0.609. The molecule has 0 aliphatic heterocycles. The average molecular weight is 374 g/mol. The lowest BCUT2D eigenvalue weighted by Crippen LogP contribution is -2.17. The molecule has 0 saturated carbocycles. The fourth-order valence-electron chi connectivity index (χ4n) is 1.97. The molecule has 0 heterocycles. The van der Waals surface area contributed by atoms with Crippen molar-refractivity contribution in [1.29, 1.82) is 5.26 Å². The van der Waals surface area contributed by atoms with Crippen molar-refractivity contribution in [3.05, 3.63) is 69.2 Å². The van der Waals surface area contributed by atoms with Gasteiger partial charge in [-0.25, -0.2) is 0 Å². The Bertz CT molecular complexity index is 884. The molecule has 0 bridgehead atoms. The lowest BCUT2D eigenvalue weighted by molar-refractivity contribution is -0.112. The first-order chi connectivity index (χ1) is 11.9. The number of nitriles is 1. The molecule has 0 spiro atoms. The fourth-order valence-corrected chi connectivity index (χ4v) is 2.31. The molecule has 2 amide bonds. The summed E-state index contributed by atoms with van der Waals surface area (Å²) in [7, 11) is 1.54. The van der Waals surface area contributed by atoms with Gasteiger partial charge in [0.25, 0.3) is 11.8 Å². The molecule has 2 rings (SSSR count). The largest absolute Gasteiger partial charge is 0.355 e. The first-order valence-electron chi connectivity index (χ1n) is 7.15. The molecule has 5 nitrogen and oxygen atoms in total. The summed E-state index contributed by atoms with van der Waals surface area (Å²) >= 11 is 11.9. The van der Waals surface area contributed by atoms with Crippen LogP contribution >= 0.6 is 23.2 Å². The Hall–Kier alpha value is -2.81. The molecule has 0 radical (unpaired) electrons. The number of halogens is 2. The van der Waals surface area contributed by atoms with Crippen LogP contribution in [0.1, 0.15) is 15.9 Å². The number of carbonyl (C=O) groups is 2. The van der Waals surface area contributed by atoms with Crippen molar-refractivity contribution in [2.24, 2.45) is 0 Å². The third-order valence-electron chi connectivity index (χ3n) is 3.25. The van der Waals surface area contributed by atoms with E-state index in [0.29, 0.717) is 26.9 Å². The van der Waals surface area contributed by atoms with Gasteiger partial charge >= 0.3 is 0 Å². The van der Waals surface area contributed by atoms with Crippen LogP contribution in [0, 0.1) is 11.3 Å². The van der Waals surface area contributed by atoms with Gasteiger partial charge in [0.15, 0.2) is 0 Å². The van der Waals surface area contributed by atoms with Crippen LogP contribution in [0.15, 0.2) is 48.0 Å². The van der Waals surface area contributed by atoms with Gasteiger partial charge in [0, 0.05) is 17.6 Å². The minimum Gasteiger partial charge on any atom is -0.355 e. The van der Waals surface area contributed by atoms with E-state index in [0.717, 1.165) is 0 Å². The quantitative estimate of drug-likeness (QED) is 0.629. The second-order valence-electron chi connectivity index (χ2n) is 4.95. The zero-order valence-electron chi connectivity index (χ0n) is 13.1. The molecule has 126 valence electrons. The summed E-state index contributed by atoms with van der Waals surface area (Å²) in [5.41, 5.74) is 1.30. The Balaban J connectivity index is 2.22. The maximum Gasteiger partial charge on any atom is 0.266 e. The summed E-state index contributed by atoms with van der Waals surface area (Å²) in [5.74, 6) is -0.827. The van der Waals surface area contributed by atoms with E-state index in [4.69, 9.17) is 23.2 Å². The fraction of sp³-hybridized carbons (Fsp3) is 0.0556. The first-order valence-corrected chi connectivity index (χ1v) is 7.90. The average Bonchev–Trinajstić information content (AvgIpc) is 2.62. The van der Waals surface area contributed by atoms with Crippen LogP contribution in [0.2, 0.25) is 10.0 Å². The molecule has 0 saturated heterocycles. The highest BCUT2D eigenvalue weighted by molar-refractivity contribution is 6.36. The summed E-state index contributed by atoms with van der Waals surface area (Å²) < 4.78 is 0. The number of hydrogen-bond donors (Lipinski definition) is 2. The number of rotatable bonds is 4. The van der Waals surface area contributed by atoms with Crippen molar-refractivity contribution in [1.82, 2.24) is 5.32 Å². The molecule has 0 aliphatic carbocycles. The highest BCUT2D eigenvalue weighted by atomic mass is 35.5. The number of anilines is 1. The standard InChI is InChI=1S/C18H13Cl2N3O2/c1-22-17(24)12-4-2-11(3-5-12)8-13(10-21)18(25)23-16-9-14(19)6-7-15(16)20/h2-9H,1H3,(H,22,24)(H,23,25). The molecule has 0 aliphatic rings. The molecule has 2 aromatic carbocycles. The summed E-state index contributed by atoms with van der Waals surface area (Å²) in [5, 5.41) is 15.0. The SMILES string of the molecule is CNC(=O)c1ccc(C=C(C#N)C(=O)Nc2cc(Cl)ccc2Cl)cc1. The van der Waals surface area contributed by atoms with E-state index in [2.05, 4.69) is 10.6 Å². The van der Waals surface area contributed by atoms with Crippen molar-refractivity contribution in [3.63, 3.8) is 0 Å². The molecule has 2 N–H and O–H groups in total. The van der Waals surface area contributed by atoms with E-state index >= 15 is 0 Å². The predicted octanol–water partition coefficient (Wildman–Crippen LogP) is 3.90. The number of nitrogens with one attached hydrogen (secondary N) is 2. The van der Waals surface area contributed by atoms with Crippen LogP contribution in [0.5, 0.6) is 0 Å². The topological polar surface area (TPSA) is 82.0 Å². The number of benzene rings is 2. The number of nitrogens with zero attached hydrogens (tertiary/aromatic N) is 1. The van der Waals surface area contributed by atoms with Gasteiger partial charge in [-0.15, -0.1) is 0 Å². The molecular formula is C18H13Cl2N3O2. The third kappa shape index (κ3) is 4.83. The Morgan fingerprint density at radius 2 is 1.80 bits per heavy atom. The zero-order valence-corrected chi connectivity index (χ0v) is 14.7. The molecule has 25 heavy (non-hydrogen) atoms. The Morgan fingerprint density at radius 3 is 2.40 bits per heavy atom. The van der Waals surface area contributed by atoms with Gasteiger partial charge in [-0.1, -0.05) is 35.3 Å². The van der Waals surface area contributed by atoms with Gasteiger partial charge in [-0.3, -0.25) is 9.59 Å². The minimum absolute atomic E-state index is 0.108. The van der Waals surface area contributed by atoms with Crippen LogP contribution in [0.4, 0.5) is 5.69 Å². The number of amides is 2. The summed E-state index contributed by atoms with van der Waals surface area (Å²) in [6, 6.07) is 13.0. The van der Waals surface area contributed by atoms with E-state index in [1.165, 1.54) is 19.2 Å². The third-order valence-corrected chi connectivity index (χ3v) is 3.82. The summed E-state index contributed by atoms with van der Waals surface area (Å²) in [6.07, 6.45) is 1.42. The van der Waals surface area contributed by atoms with Gasteiger partial charge in [0.2, 0.25) is 0 Å². The van der Waals surface area contributed by atoms with Crippen molar-refractivity contribution in [2.75, 3.05) is 12.4 Å². The van der Waals surface area contributed by atoms with Crippen LogP contribution < -0.4 is 10.6 Å². The van der Waals surface area contributed by atoms with Gasteiger partial charge in [0.05, 0.1) is 10.7 Å². The van der Waals surface area contributed by atoms with Gasteiger partial charge < -0.3 is 10.6 Å². The normalized spacial score (nSPS) is 10.7. The maximum absolute atomic E-state index is 12.3. The maximum atomic E-state index is 12.3. The van der Waals surface area contributed by atoms with Crippen molar-refractivity contribution < 1.29 is 9.59 Å². The van der Waals surface area contributed by atoms with E-state index < -0.39 is 5.91 Å². The second-order valence-corrected chi connectivity index (χ2v) is 5.79. The molecule has 0 aromatic heterocycles. The monoisotopic (exact) mass is 373 g/mol. The van der Waals surface area contributed by atoms with Crippen molar-refractivity contribution in [2.45, 2.75) is 0 Å². The van der Waals surface area contributed by atoms with Crippen LogP contribution in [0.3, 0.4) is 0 Å². The van der Waals surface area contributed by atoms with Gasteiger partial charge in [0.1, 0.15) is 11.6 Å². The Morgan fingerprint density at radius 1 is 1.12 bits per heavy atom. The lowest BCUT2D eigenvalue weighted by atomic mass is 10.1. The number of hydrogen-bond acceptors (Lipinski definition) is 3. The van der Waals surface area contributed by atoms with Crippen molar-refractivity contribution >= 4 is 46.8 Å². The van der Waals surface area contributed by atoms with Crippen LogP contribution in [-0.4, -0.2) is 18.9 Å². The Kier molecular flexibility index (Phi) is 6.18. The van der Waals surface area contributed by atoms with Crippen LogP contribution in [-0.2, 0) is 4.79 Å². The molecular weight excluding hydrogens is 361 g/mol. The highest BCUT2D eigenvalue weighted by Crippen LogP contribution is 2.26. The highest BCUT2D eigenvalue weighted by Gasteiger charge is 2.12. The number of carbonyl (C=O) groups excluding carboxylic acids is 2. The first kappa shape index (κ1) is 18.5. The molecule has 7 heteroatoms. The van der Waals surface area contributed by atoms with E-state index in [9.17, 15) is 14.9 Å². The van der Waals surface area contributed by atoms with E-state index in [1.807, 2.05) is 6.07 Å². The smallest absolute Gasteiger partial charge is 0.266 e. The summed E-state index contributed by atoms with van der Waals surface area (Å²) in [6.45, 7) is 0. The van der Waals surface area contributed by atoms with Crippen molar-refractivity contribution in [3.8, 4) is 6.07 Å². The molecule has 0 atom stereocenters. The lowest BCUT2D eigenvalue weighted by Gasteiger charge is -2.07.